The Bertz CT molecular complexity index is 546. The molecule has 0 radical (unpaired) electrons. The van der Waals surface area contributed by atoms with Crippen molar-refractivity contribution in [3.05, 3.63) is 36.2 Å². The molecule has 92 valence electrons. The zero-order valence-corrected chi connectivity index (χ0v) is 9.89. The fourth-order valence-corrected chi connectivity index (χ4v) is 1.88. The standard InChI is InChI=1S/C13H14N4O/c18-13(14-7-9-5-6-9)11-4-2-1-3-10(11)12-15-8-16-17-12/h1-4,8-9H,5-7H2,(H,14,18)(H,15,16,17). The van der Waals surface area contributed by atoms with Gasteiger partial charge in [-0.25, -0.2) is 4.98 Å². The Labute approximate surface area is 105 Å². The summed E-state index contributed by atoms with van der Waals surface area (Å²) in [4.78, 5) is 16.2. The summed E-state index contributed by atoms with van der Waals surface area (Å²) in [5.41, 5.74) is 1.41. The van der Waals surface area contributed by atoms with Crippen molar-refractivity contribution in [3.63, 3.8) is 0 Å². The van der Waals surface area contributed by atoms with Gasteiger partial charge in [0, 0.05) is 12.1 Å². The van der Waals surface area contributed by atoms with Gasteiger partial charge < -0.3 is 5.32 Å². The van der Waals surface area contributed by atoms with E-state index in [1.54, 1.807) is 6.07 Å². The van der Waals surface area contributed by atoms with Gasteiger partial charge in [-0.15, -0.1) is 0 Å². The molecule has 0 atom stereocenters. The van der Waals surface area contributed by atoms with Crippen LogP contribution in [0.15, 0.2) is 30.6 Å². The van der Waals surface area contributed by atoms with Gasteiger partial charge >= 0.3 is 0 Å². The summed E-state index contributed by atoms with van der Waals surface area (Å²) in [7, 11) is 0. The van der Waals surface area contributed by atoms with Crippen LogP contribution in [-0.4, -0.2) is 27.6 Å². The van der Waals surface area contributed by atoms with Crippen molar-refractivity contribution in [2.75, 3.05) is 6.54 Å². The maximum atomic E-state index is 12.1. The van der Waals surface area contributed by atoms with Crippen molar-refractivity contribution < 1.29 is 4.79 Å². The van der Waals surface area contributed by atoms with E-state index in [4.69, 9.17) is 0 Å². The van der Waals surface area contributed by atoms with Crippen LogP contribution in [0.25, 0.3) is 11.4 Å². The summed E-state index contributed by atoms with van der Waals surface area (Å²) in [6, 6.07) is 7.41. The molecule has 1 aliphatic carbocycles. The second-order valence-corrected chi connectivity index (χ2v) is 4.53. The maximum absolute atomic E-state index is 12.1. The summed E-state index contributed by atoms with van der Waals surface area (Å²) in [6.07, 6.45) is 3.89. The number of rotatable bonds is 4. The molecule has 0 aliphatic heterocycles. The minimum absolute atomic E-state index is 0.0473. The Morgan fingerprint density at radius 3 is 2.94 bits per heavy atom. The maximum Gasteiger partial charge on any atom is 0.252 e. The first-order chi connectivity index (χ1) is 8.84. The topological polar surface area (TPSA) is 70.7 Å². The van der Waals surface area contributed by atoms with Crippen LogP contribution in [0.3, 0.4) is 0 Å². The Balaban J connectivity index is 1.84. The second-order valence-electron chi connectivity index (χ2n) is 4.53. The van der Waals surface area contributed by atoms with Crippen molar-refractivity contribution >= 4 is 5.91 Å². The van der Waals surface area contributed by atoms with Crippen molar-refractivity contribution in [1.29, 1.82) is 0 Å². The Kier molecular flexibility index (Phi) is 2.80. The molecule has 0 spiro atoms. The lowest BCUT2D eigenvalue weighted by molar-refractivity contribution is 0.0952. The molecular weight excluding hydrogens is 228 g/mol. The molecule has 5 nitrogen and oxygen atoms in total. The number of hydrogen-bond donors (Lipinski definition) is 2. The highest BCUT2D eigenvalue weighted by Gasteiger charge is 2.22. The van der Waals surface area contributed by atoms with E-state index in [-0.39, 0.29) is 5.91 Å². The van der Waals surface area contributed by atoms with Crippen LogP contribution in [0.2, 0.25) is 0 Å². The van der Waals surface area contributed by atoms with Crippen LogP contribution in [0.4, 0.5) is 0 Å². The number of aromatic nitrogens is 3. The lowest BCUT2D eigenvalue weighted by Gasteiger charge is -2.07. The minimum atomic E-state index is -0.0473. The number of amides is 1. The number of carbonyl (C=O) groups excluding carboxylic acids is 1. The van der Waals surface area contributed by atoms with Gasteiger partial charge in [0.25, 0.3) is 5.91 Å². The average molecular weight is 242 g/mol. The molecular formula is C13H14N4O. The number of nitrogens with zero attached hydrogens (tertiary/aromatic N) is 2. The predicted octanol–water partition coefficient (Wildman–Crippen LogP) is 1.61. The van der Waals surface area contributed by atoms with Crippen molar-refractivity contribution in [3.8, 4) is 11.4 Å². The first-order valence-corrected chi connectivity index (χ1v) is 6.07. The van der Waals surface area contributed by atoms with Gasteiger partial charge in [-0.1, -0.05) is 18.2 Å². The zero-order valence-electron chi connectivity index (χ0n) is 9.89. The van der Waals surface area contributed by atoms with Crippen molar-refractivity contribution in [2.24, 2.45) is 5.92 Å². The van der Waals surface area contributed by atoms with E-state index in [2.05, 4.69) is 20.5 Å². The third-order valence-corrected chi connectivity index (χ3v) is 3.09. The van der Waals surface area contributed by atoms with Crippen LogP contribution in [0.5, 0.6) is 0 Å². The van der Waals surface area contributed by atoms with Crippen LogP contribution >= 0.6 is 0 Å². The smallest absolute Gasteiger partial charge is 0.252 e. The van der Waals surface area contributed by atoms with Crippen LogP contribution < -0.4 is 5.32 Å². The van der Waals surface area contributed by atoms with E-state index in [1.165, 1.54) is 19.2 Å². The average Bonchev–Trinajstić information content (AvgIpc) is 3.08. The van der Waals surface area contributed by atoms with Gasteiger partial charge in [0.2, 0.25) is 0 Å². The molecule has 1 saturated carbocycles. The zero-order chi connectivity index (χ0) is 12.4. The van der Waals surface area contributed by atoms with Gasteiger partial charge in [-0.3, -0.25) is 9.89 Å². The molecule has 2 N–H and O–H groups in total. The quantitative estimate of drug-likeness (QED) is 0.855. The molecule has 18 heavy (non-hydrogen) atoms. The highest BCUT2D eigenvalue weighted by Crippen LogP contribution is 2.28. The molecule has 0 saturated heterocycles. The summed E-state index contributed by atoms with van der Waals surface area (Å²) in [5, 5.41) is 9.56. The Morgan fingerprint density at radius 2 is 2.22 bits per heavy atom. The molecule has 1 aliphatic rings. The highest BCUT2D eigenvalue weighted by molar-refractivity contribution is 6.00. The van der Waals surface area contributed by atoms with E-state index in [1.807, 2.05) is 18.2 Å². The van der Waals surface area contributed by atoms with Gasteiger partial charge in [0.1, 0.15) is 6.33 Å². The fraction of sp³-hybridized carbons (Fsp3) is 0.308. The lowest BCUT2D eigenvalue weighted by atomic mass is 10.1. The number of benzene rings is 1. The van der Waals surface area contributed by atoms with E-state index in [0.29, 0.717) is 17.3 Å². The molecule has 1 aromatic carbocycles. The van der Waals surface area contributed by atoms with Gasteiger partial charge in [-0.05, 0) is 24.8 Å². The molecule has 0 unspecified atom stereocenters. The van der Waals surface area contributed by atoms with Crippen molar-refractivity contribution in [2.45, 2.75) is 12.8 Å². The van der Waals surface area contributed by atoms with Crippen LogP contribution in [0.1, 0.15) is 23.2 Å². The Morgan fingerprint density at radius 1 is 1.39 bits per heavy atom. The Hall–Kier alpha value is -2.17. The predicted molar refractivity (Wildman–Crippen MR) is 66.9 cm³/mol. The molecule has 1 amide bonds. The number of hydrogen-bond acceptors (Lipinski definition) is 3. The molecule has 3 rings (SSSR count). The third kappa shape index (κ3) is 2.25. The summed E-state index contributed by atoms with van der Waals surface area (Å²) in [5.74, 6) is 1.24. The normalized spacial score (nSPS) is 14.4. The third-order valence-electron chi connectivity index (χ3n) is 3.09. The molecule has 1 fully saturated rings. The first-order valence-electron chi connectivity index (χ1n) is 6.07. The van der Waals surface area contributed by atoms with Crippen LogP contribution in [-0.2, 0) is 0 Å². The largest absolute Gasteiger partial charge is 0.352 e. The SMILES string of the molecule is O=C(NCC1CC1)c1ccccc1-c1ncn[nH]1. The molecule has 2 aromatic rings. The minimum Gasteiger partial charge on any atom is -0.352 e. The molecule has 1 heterocycles. The van der Waals surface area contributed by atoms with E-state index < -0.39 is 0 Å². The number of H-pyrrole nitrogens is 1. The fourth-order valence-electron chi connectivity index (χ4n) is 1.88. The van der Waals surface area contributed by atoms with Gasteiger partial charge in [0.05, 0.1) is 5.56 Å². The van der Waals surface area contributed by atoms with Crippen molar-refractivity contribution in [1.82, 2.24) is 20.5 Å². The van der Waals surface area contributed by atoms with E-state index in [0.717, 1.165) is 12.1 Å². The highest BCUT2D eigenvalue weighted by atomic mass is 16.1. The van der Waals surface area contributed by atoms with E-state index >= 15 is 0 Å². The molecule has 1 aromatic heterocycles. The number of aromatic amines is 1. The molecule has 5 heteroatoms. The van der Waals surface area contributed by atoms with Gasteiger partial charge in [-0.2, -0.15) is 5.10 Å². The first kappa shape index (κ1) is 11.0. The number of carbonyl (C=O) groups is 1. The summed E-state index contributed by atoms with van der Waals surface area (Å²) in [6.45, 7) is 0.767. The second kappa shape index (κ2) is 4.60. The summed E-state index contributed by atoms with van der Waals surface area (Å²) >= 11 is 0. The van der Waals surface area contributed by atoms with Gasteiger partial charge in [0.15, 0.2) is 5.82 Å². The molecule has 0 bridgehead atoms. The summed E-state index contributed by atoms with van der Waals surface area (Å²) < 4.78 is 0. The van der Waals surface area contributed by atoms with Crippen LogP contribution in [0, 0.1) is 5.92 Å². The van der Waals surface area contributed by atoms with E-state index in [9.17, 15) is 4.79 Å². The monoisotopic (exact) mass is 242 g/mol. The number of nitrogens with one attached hydrogen (secondary N) is 2. The lowest BCUT2D eigenvalue weighted by Crippen LogP contribution is -2.26.